The molecule has 116 valence electrons. The van der Waals surface area contributed by atoms with E-state index >= 15 is 0 Å². The molecular formula is C17H21N3O2. The van der Waals surface area contributed by atoms with Crippen LogP contribution in [0.2, 0.25) is 0 Å². The van der Waals surface area contributed by atoms with E-state index in [-0.39, 0.29) is 5.91 Å². The Kier molecular flexibility index (Phi) is 5.36. The molecule has 1 aromatic carbocycles. The molecule has 2 aromatic rings. The van der Waals surface area contributed by atoms with Crippen LogP contribution < -0.4 is 15.4 Å². The van der Waals surface area contributed by atoms with Crippen LogP contribution in [0.5, 0.6) is 5.88 Å². The number of nitrogens with zero attached hydrogens (tertiary/aromatic N) is 1. The van der Waals surface area contributed by atoms with Crippen molar-refractivity contribution in [1.29, 1.82) is 0 Å². The van der Waals surface area contributed by atoms with Crippen molar-refractivity contribution in [2.75, 3.05) is 24.3 Å². The third-order valence-corrected chi connectivity index (χ3v) is 3.31. The first-order valence-corrected chi connectivity index (χ1v) is 7.27. The molecule has 1 amide bonds. The predicted molar refractivity (Wildman–Crippen MR) is 88.5 cm³/mol. The van der Waals surface area contributed by atoms with Crippen LogP contribution >= 0.6 is 0 Å². The number of anilines is 2. The summed E-state index contributed by atoms with van der Waals surface area (Å²) in [5, 5.41) is 6.03. The molecule has 0 saturated heterocycles. The third-order valence-electron chi connectivity index (χ3n) is 3.31. The Bertz CT molecular complexity index is 656. The van der Waals surface area contributed by atoms with Crippen LogP contribution in [0.15, 0.2) is 36.4 Å². The molecule has 0 atom stereocenters. The first kappa shape index (κ1) is 15.8. The Hall–Kier alpha value is -2.56. The second-order valence-corrected chi connectivity index (χ2v) is 4.93. The summed E-state index contributed by atoms with van der Waals surface area (Å²) >= 11 is 0. The highest BCUT2D eigenvalue weighted by molar-refractivity contribution is 5.95. The fourth-order valence-corrected chi connectivity index (χ4v) is 2.13. The fraction of sp³-hybridized carbons (Fsp3) is 0.294. The van der Waals surface area contributed by atoms with E-state index in [9.17, 15) is 4.79 Å². The molecule has 0 radical (unpaired) electrons. The SMILES string of the molecule is CCNc1nc(OC)ccc1NC(=O)Cc1ccccc1C. The highest BCUT2D eigenvalue weighted by atomic mass is 16.5. The van der Waals surface area contributed by atoms with Crippen LogP contribution in [-0.2, 0) is 11.2 Å². The lowest BCUT2D eigenvalue weighted by Crippen LogP contribution is -2.17. The number of pyridine rings is 1. The lowest BCUT2D eigenvalue weighted by Gasteiger charge is -2.13. The average molecular weight is 299 g/mol. The molecular weight excluding hydrogens is 278 g/mol. The minimum atomic E-state index is -0.0691. The molecule has 0 fully saturated rings. The molecule has 1 aromatic heterocycles. The average Bonchev–Trinajstić information content (AvgIpc) is 2.51. The fourth-order valence-electron chi connectivity index (χ4n) is 2.13. The van der Waals surface area contributed by atoms with E-state index in [1.807, 2.05) is 38.1 Å². The minimum absolute atomic E-state index is 0.0691. The Morgan fingerprint density at radius 3 is 2.68 bits per heavy atom. The van der Waals surface area contributed by atoms with Crippen molar-refractivity contribution in [3.63, 3.8) is 0 Å². The highest BCUT2D eigenvalue weighted by Crippen LogP contribution is 2.23. The number of aryl methyl sites for hydroxylation is 1. The Labute approximate surface area is 130 Å². The molecule has 2 rings (SSSR count). The summed E-state index contributed by atoms with van der Waals surface area (Å²) in [7, 11) is 1.56. The molecule has 5 heteroatoms. The largest absolute Gasteiger partial charge is 0.481 e. The molecule has 5 nitrogen and oxygen atoms in total. The van der Waals surface area contributed by atoms with Crippen LogP contribution in [0.3, 0.4) is 0 Å². The van der Waals surface area contributed by atoms with Crippen LogP contribution in [0.1, 0.15) is 18.1 Å². The topological polar surface area (TPSA) is 63.3 Å². The van der Waals surface area contributed by atoms with Gasteiger partial charge in [-0.2, -0.15) is 4.98 Å². The van der Waals surface area contributed by atoms with E-state index in [2.05, 4.69) is 15.6 Å². The van der Waals surface area contributed by atoms with Crippen molar-refractivity contribution in [1.82, 2.24) is 4.98 Å². The maximum Gasteiger partial charge on any atom is 0.228 e. The Morgan fingerprint density at radius 2 is 2.00 bits per heavy atom. The molecule has 0 aliphatic carbocycles. The van der Waals surface area contributed by atoms with E-state index in [1.165, 1.54) is 0 Å². The highest BCUT2D eigenvalue weighted by Gasteiger charge is 2.10. The summed E-state index contributed by atoms with van der Waals surface area (Å²) in [5.41, 5.74) is 2.78. The lowest BCUT2D eigenvalue weighted by atomic mass is 10.1. The zero-order valence-electron chi connectivity index (χ0n) is 13.1. The summed E-state index contributed by atoms with van der Waals surface area (Å²) in [6.45, 7) is 4.68. The molecule has 0 unspecified atom stereocenters. The van der Waals surface area contributed by atoms with Gasteiger partial charge in [-0.3, -0.25) is 4.79 Å². The van der Waals surface area contributed by atoms with Crippen molar-refractivity contribution in [2.24, 2.45) is 0 Å². The van der Waals surface area contributed by atoms with Gasteiger partial charge in [0.2, 0.25) is 11.8 Å². The van der Waals surface area contributed by atoms with Gasteiger partial charge in [0.1, 0.15) is 0 Å². The predicted octanol–water partition coefficient (Wildman–Crippen LogP) is 3.01. The summed E-state index contributed by atoms with van der Waals surface area (Å²) in [6.07, 6.45) is 0.338. The Balaban J connectivity index is 2.12. The molecule has 0 bridgehead atoms. The van der Waals surface area contributed by atoms with Crippen LogP contribution in [0.4, 0.5) is 11.5 Å². The number of benzene rings is 1. The minimum Gasteiger partial charge on any atom is -0.481 e. The maximum atomic E-state index is 12.2. The molecule has 0 aliphatic heterocycles. The van der Waals surface area contributed by atoms with Gasteiger partial charge in [-0.05, 0) is 31.0 Å². The summed E-state index contributed by atoms with van der Waals surface area (Å²) in [4.78, 5) is 16.6. The monoisotopic (exact) mass is 299 g/mol. The number of carbonyl (C=O) groups is 1. The van der Waals surface area contributed by atoms with Crippen molar-refractivity contribution in [3.8, 4) is 5.88 Å². The molecule has 0 spiro atoms. The molecule has 0 aliphatic rings. The standard InChI is InChI=1S/C17H21N3O2/c1-4-18-17-14(9-10-16(20-17)22-3)19-15(21)11-13-8-6-5-7-12(13)2/h5-10H,4,11H2,1-3H3,(H,18,20)(H,19,21). The number of nitrogens with one attached hydrogen (secondary N) is 2. The quantitative estimate of drug-likeness (QED) is 0.860. The zero-order valence-corrected chi connectivity index (χ0v) is 13.1. The maximum absolute atomic E-state index is 12.2. The van der Waals surface area contributed by atoms with Crippen molar-refractivity contribution < 1.29 is 9.53 Å². The van der Waals surface area contributed by atoms with Crippen molar-refractivity contribution >= 4 is 17.4 Å². The van der Waals surface area contributed by atoms with Gasteiger partial charge in [-0.25, -0.2) is 0 Å². The lowest BCUT2D eigenvalue weighted by molar-refractivity contribution is -0.115. The summed E-state index contributed by atoms with van der Waals surface area (Å²) < 4.78 is 5.11. The smallest absolute Gasteiger partial charge is 0.228 e. The van der Waals surface area contributed by atoms with Gasteiger partial charge in [-0.15, -0.1) is 0 Å². The first-order valence-electron chi connectivity index (χ1n) is 7.27. The molecule has 2 N–H and O–H groups in total. The van der Waals surface area contributed by atoms with E-state index in [4.69, 9.17) is 4.74 Å². The van der Waals surface area contributed by atoms with Gasteiger partial charge in [0.15, 0.2) is 5.82 Å². The molecule has 0 saturated carbocycles. The number of carbonyl (C=O) groups excluding carboxylic acids is 1. The van der Waals surface area contributed by atoms with Gasteiger partial charge >= 0.3 is 0 Å². The van der Waals surface area contributed by atoms with Gasteiger partial charge in [0, 0.05) is 12.6 Å². The van der Waals surface area contributed by atoms with E-state index < -0.39 is 0 Å². The second-order valence-electron chi connectivity index (χ2n) is 4.93. The number of ether oxygens (including phenoxy) is 1. The first-order chi connectivity index (χ1) is 10.6. The molecule has 1 heterocycles. The number of hydrogen-bond donors (Lipinski definition) is 2. The van der Waals surface area contributed by atoms with Crippen molar-refractivity contribution in [2.45, 2.75) is 20.3 Å². The summed E-state index contributed by atoms with van der Waals surface area (Å²) in [6, 6.07) is 11.4. The van der Waals surface area contributed by atoms with E-state index in [0.29, 0.717) is 30.4 Å². The van der Waals surface area contributed by atoms with Crippen molar-refractivity contribution in [3.05, 3.63) is 47.5 Å². The number of methoxy groups -OCH3 is 1. The summed E-state index contributed by atoms with van der Waals surface area (Å²) in [5.74, 6) is 1.05. The Morgan fingerprint density at radius 1 is 1.23 bits per heavy atom. The number of hydrogen-bond acceptors (Lipinski definition) is 4. The van der Waals surface area contributed by atoms with E-state index in [1.54, 1.807) is 19.2 Å². The normalized spacial score (nSPS) is 10.1. The van der Waals surface area contributed by atoms with Crippen LogP contribution in [-0.4, -0.2) is 24.5 Å². The second kappa shape index (κ2) is 7.45. The van der Waals surface area contributed by atoms with Gasteiger partial charge in [-0.1, -0.05) is 24.3 Å². The van der Waals surface area contributed by atoms with Gasteiger partial charge < -0.3 is 15.4 Å². The van der Waals surface area contributed by atoms with Gasteiger partial charge in [0.25, 0.3) is 0 Å². The number of aromatic nitrogens is 1. The third kappa shape index (κ3) is 3.97. The number of amides is 1. The van der Waals surface area contributed by atoms with Gasteiger partial charge in [0.05, 0.1) is 19.2 Å². The van der Waals surface area contributed by atoms with E-state index in [0.717, 1.165) is 11.1 Å². The van der Waals surface area contributed by atoms with Crippen LogP contribution in [0.25, 0.3) is 0 Å². The number of rotatable bonds is 6. The zero-order chi connectivity index (χ0) is 15.9. The molecule has 22 heavy (non-hydrogen) atoms. The van der Waals surface area contributed by atoms with Crippen LogP contribution in [0, 0.1) is 6.92 Å².